The third-order valence-electron chi connectivity index (χ3n) is 5.93. The number of hydrogen-bond donors (Lipinski definition) is 2. The topological polar surface area (TPSA) is 53.6 Å². The summed E-state index contributed by atoms with van der Waals surface area (Å²) < 4.78 is 13.5. The fourth-order valence-electron chi connectivity index (χ4n) is 4.16. The van der Waals surface area contributed by atoms with E-state index in [0.29, 0.717) is 6.54 Å². The lowest BCUT2D eigenvalue weighted by atomic mass is 9.91. The minimum atomic E-state index is -0.262. The molecule has 174 valence electrons. The predicted molar refractivity (Wildman–Crippen MR) is 142 cm³/mol. The summed E-state index contributed by atoms with van der Waals surface area (Å²) in [7, 11) is 0. The molecule has 0 aliphatic carbocycles. The average Bonchev–Trinajstić information content (AvgIpc) is 3.35. The van der Waals surface area contributed by atoms with Gasteiger partial charge in [-0.3, -0.25) is 0 Å². The third kappa shape index (κ3) is 5.28. The third-order valence-corrected chi connectivity index (χ3v) is 6.51. The van der Waals surface area contributed by atoms with Crippen LogP contribution < -0.4 is 5.32 Å². The molecule has 5 rings (SSSR count). The Morgan fingerprint density at radius 1 is 0.857 bits per heavy atom. The number of imidazole rings is 1. The Hall–Kier alpha value is -3.90. The maximum Gasteiger partial charge on any atom is 0.166 e. The first-order valence-electron chi connectivity index (χ1n) is 11.4. The van der Waals surface area contributed by atoms with Gasteiger partial charge in [0.2, 0.25) is 0 Å². The quantitative estimate of drug-likeness (QED) is 0.230. The number of benzene rings is 3. The summed E-state index contributed by atoms with van der Waals surface area (Å²) in [4.78, 5) is 12.7. The fourth-order valence-corrected chi connectivity index (χ4v) is 4.55. The maximum atomic E-state index is 13.5. The number of hydrogen-bond acceptors (Lipinski definition) is 4. The van der Waals surface area contributed by atoms with Gasteiger partial charge >= 0.3 is 0 Å². The van der Waals surface area contributed by atoms with E-state index in [9.17, 15) is 4.39 Å². The molecule has 0 radical (unpaired) electrons. The van der Waals surface area contributed by atoms with Gasteiger partial charge in [-0.05, 0) is 53.8 Å². The van der Waals surface area contributed by atoms with Crippen molar-refractivity contribution in [2.75, 3.05) is 18.1 Å². The summed E-state index contributed by atoms with van der Waals surface area (Å²) in [5.41, 5.74) is 5.99. The molecule has 5 aromatic rings. The van der Waals surface area contributed by atoms with Gasteiger partial charge in [0.1, 0.15) is 11.6 Å². The Balaban J connectivity index is 1.44. The van der Waals surface area contributed by atoms with Crippen LogP contribution in [0.25, 0.3) is 22.5 Å². The summed E-state index contributed by atoms with van der Waals surface area (Å²) in [6, 6.07) is 31.4. The van der Waals surface area contributed by atoms with Crippen molar-refractivity contribution in [1.82, 2.24) is 15.0 Å². The van der Waals surface area contributed by atoms with Gasteiger partial charge in [0, 0.05) is 29.8 Å². The Bertz CT molecular complexity index is 1350. The summed E-state index contributed by atoms with van der Waals surface area (Å²) in [5, 5.41) is 4.34. The number of pyridine rings is 1. The average molecular weight is 481 g/mol. The van der Waals surface area contributed by atoms with E-state index in [1.54, 1.807) is 18.3 Å². The highest BCUT2D eigenvalue weighted by molar-refractivity contribution is 7.98. The van der Waals surface area contributed by atoms with Crippen molar-refractivity contribution in [3.8, 4) is 22.5 Å². The largest absolute Gasteiger partial charge is 0.369 e. The van der Waals surface area contributed by atoms with Gasteiger partial charge < -0.3 is 10.3 Å². The lowest BCUT2D eigenvalue weighted by Gasteiger charge is -2.19. The molecule has 0 amide bonds. The molecule has 2 aromatic heterocycles. The van der Waals surface area contributed by atoms with E-state index in [1.807, 2.05) is 30.5 Å². The van der Waals surface area contributed by atoms with Gasteiger partial charge in [0.15, 0.2) is 5.16 Å². The highest BCUT2D eigenvalue weighted by atomic mass is 32.2. The molecule has 0 aliphatic heterocycles. The van der Waals surface area contributed by atoms with Crippen molar-refractivity contribution >= 4 is 17.6 Å². The molecule has 6 heteroatoms. The van der Waals surface area contributed by atoms with Crippen molar-refractivity contribution in [2.24, 2.45) is 0 Å². The fraction of sp³-hybridized carbons (Fsp3) is 0.103. The van der Waals surface area contributed by atoms with E-state index < -0.39 is 0 Å². The Labute approximate surface area is 208 Å². The monoisotopic (exact) mass is 480 g/mol. The van der Waals surface area contributed by atoms with Crippen LogP contribution in [-0.2, 0) is 0 Å². The molecule has 0 spiro atoms. The SMILES string of the molecule is CSc1nc(-c2ccnc(NCC(c3ccccc3)c3ccccc3)c2)c(-c2ccc(F)cc2)[nH]1. The molecule has 0 fully saturated rings. The number of nitrogens with zero attached hydrogens (tertiary/aromatic N) is 2. The first-order chi connectivity index (χ1) is 17.2. The van der Waals surface area contributed by atoms with Crippen molar-refractivity contribution in [2.45, 2.75) is 11.1 Å². The van der Waals surface area contributed by atoms with Gasteiger partial charge in [-0.15, -0.1) is 0 Å². The summed E-state index contributed by atoms with van der Waals surface area (Å²) in [6.45, 7) is 0.700. The molecular formula is C29H25FN4S. The molecule has 0 unspecified atom stereocenters. The molecule has 4 nitrogen and oxygen atoms in total. The van der Waals surface area contributed by atoms with Gasteiger partial charge in [0.25, 0.3) is 0 Å². The first-order valence-corrected chi connectivity index (χ1v) is 12.6. The summed E-state index contributed by atoms with van der Waals surface area (Å²) in [6.07, 6.45) is 3.77. The van der Waals surface area contributed by atoms with Crippen molar-refractivity contribution in [3.05, 3.63) is 120 Å². The van der Waals surface area contributed by atoms with Crippen molar-refractivity contribution in [1.29, 1.82) is 0 Å². The highest BCUT2D eigenvalue weighted by Crippen LogP contribution is 2.33. The Morgan fingerprint density at radius 2 is 1.51 bits per heavy atom. The lowest BCUT2D eigenvalue weighted by molar-refractivity contribution is 0.628. The Morgan fingerprint density at radius 3 is 2.14 bits per heavy atom. The predicted octanol–water partition coefficient (Wildman–Crippen LogP) is 7.24. The van der Waals surface area contributed by atoms with Crippen LogP contribution in [0.2, 0.25) is 0 Å². The molecule has 0 aliphatic rings. The Kier molecular flexibility index (Phi) is 6.91. The first kappa shape index (κ1) is 22.9. The number of H-pyrrole nitrogens is 1. The van der Waals surface area contributed by atoms with Gasteiger partial charge in [-0.25, -0.2) is 14.4 Å². The standard InChI is InChI=1S/C29H25FN4S/c1-35-29-33-27(22-12-14-24(30)15-13-22)28(34-29)23-16-17-31-26(18-23)32-19-25(20-8-4-2-5-9-20)21-10-6-3-7-11-21/h2-18,25H,19H2,1H3,(H,31,32)(H,33,34). The van der Waals surface area contributed by atoms with Crippen LogP contribution in [0.4, 0.5) is 10.2 Å². The summed E-state index contributed by atoms with van der Waals surface area (Å²) in [5.74, 6) is 0.700. The van der Waals surface area contributed by atoms with Crippen LogP contribution in [0.5, 0.6) is 0 Å². The normalized spacial score (nSPS) is 11.1. The van der Waals surface area contributed by atoms with Crippen LogP contribution in [0, 0.1) is 5.82 Å². The van der Waals surface area contributed by atoms with E-state index in [2.05, 4.69) is 63.8 Å². The van der Waals surface area contributed by atoms with E-state index in [-0.39, 0.29) is 11.7 Å². The maximum absolute atomic E-state index is 13.5. The second-order valence-electron chi connectivity index (χ2n) is 8.16. The number of nitrogens with one attached hydrogen (secondary N) is 2. The minimum absolute atomic E-state index is 0.186. The molecule has 0 saturated heterocycles. The molecule has 35 heavy (non-hydrogen) atoms. The van der Waals surface area contributed by atoms with E-state index >= 15 is 0 Å². The zero-order valence-electron chi connectivity index (χ0n) is 19.3. The molecule has 0 saturated carbocycles. The van der Waals surface area contributed by atoms with Gasteiger partial charge in [-0.2, -0.15) is 0 Å². The van der Waals surface area contributed by atoms with E-state index in [4.69, 9.17) is 4.98 Å². The zero-order valence-corrected chi connectivity index (χ0v) is 20.1. The van der Waals surface area contributed by atoms with Gasteiger partial charge in [0.05, 0.1) is 11.4 Å². The second kappa shape index (κ2) is 10.6. The zero-order chi connectivity index (χ0) is 24.0. The van der Waals surface area contributed by atoms with Crippen LogP contribution in [0.1, 0.15) is 17.0 Å². The number of aromatic amines is 1. The smallest absolute Gasteiger partial charge is 0.166 e. The molecule has 2 N–H and O–H groups in total. The number of halogens is 1. The number of aromatic nitrogens is 3. The van der Waals surface area contributed by atoms with E-state index in [0.717, 1.165) is 33.5 Å². The molecular weight excluding hydrogens is 455 g/mol. The minimum Gasteiger partial charge on any atom is -0.369 e. The van der Waals surface area contributed by atoms with E-state index in [1.165, 1.54) is 35.0 Å². The van der Waals surface area contributed by atoms with Crippen LogP contribution in [-0.4, -0.2) is 27.8 Å². The molecule has 3 aromatic carbocycles. The lowest BCUT2D eigenvalue weighted by Crippen LogP contribution is -2.14. The second-order valence-corrected chi connectivity index (χ2v) is 8.96. The summed E-state index contributed by atoms with van der Waals surface area (Å²) >= 11 is 1.54. The van der Waals surface area contributed by atoms with Crippen molar-refractivity contribution < 1.29 is 4.39 Å². The highest BCUT2D eigenvalue weighted by Gasteiger charge is 2.17. The number of rotatable bonds is 8. The van der Waals surface area contributed by atoms with Crippen LogP contribution in [0.15, 0.2) is 108 Å². The molecule has 0 bridgehead atoms. The van der Waals surface area contributed by atoms with Crippen molar-refractivity contribution in [3.63, 3.8) is 0 Å². The van der Waals surface area contributed by atoms with Gasteiger partial charge in [-0.1, -0.05) is 72.4 Å². The van der Waals surface area contributed by atoms with Crippen LogP contribution >= 0.6 is 11.8 Å². The number of thioether (sulfide) groups is 1. The van der Waals surface area contributed by atoms with Crippen LogP contribution in [0.3, 0.4) is 0 Å². The molecule has 2 heterocycles. The number of anilines is 1. The molecule has 0 atom stereocenters.